The smallest absolute Gasteiger partial charge is 0.306 e. The Labute approximate surface area is 200 Å². The number of aromatic nitrogens is 2. The number of hydrogen-bond donors (Lipinski definition) is 1. The fourth-order valence-corrected chi connectivity index (χ4v) is 4.84. The number of aryl methyl sites for hydroxylation is 1. The second kappa shape index (κ2) is 10.8. The molecule has 1 fully saturated rings. The number of likely N-dealkylation sites (tertiary alicyclic amines) is 1. The van der Waals surface area contributed by atoms with E-state index < -0.39 is 6.10 Å². The van der Waals surface area contributed by atoms with E-state index in [1.807, 2.05) is 31.2 Å². The van der Waals surface area contributed by atoms with E-state index in [4.69, 9.17) is 9.72 Å². The third-order valence-corrected chi connectivity index (χ3v) is 6.51. The molecule has 1 aliphatic heterocycles. The Bertz CT molecular complexity index is 1190. The van der Waals surface area contributed by atoms with Crippen LogP contribution in [-0.4, -0.2) is 51.8 Å². The van der Waals surface area contributed by atoms with Crippen LogP contribution in [0.5, 0.6) is 0 Å². The van der Waals surface area contributed by atoms with Crippen LogP contribution in [0.4, 0.5) is 0 Å². The van der Waals surface area contributed by atoms with Crippen LogP contribution in [0.1, 0.15) is 61.2 Å². The highest BCUT2D eigenvalue weighted by atomic mass is 16.5. The third kappa shape index (κ3) is 5.14. The molecular formula is C27H32N4O3. The van der Waals surface area contributed by atoms with Crippen LogP contribution < -0.4 is 0 Å². The fourth-order valence-electron chi connectivity index (χ4n) is 4.84. The van der Waals surface area contributed by atoms with Crippen LogP contribution in [0.3, 0.4) is 0 Å². The molecule has 1 aliphatic rings. The molecule has 2 aromatic heterocycles. The molecule has 0 saturated carbocycles. The minimum absolute atomic E-state index is 0.235. The normalized spacial score (nSPS) is 15.2. The molecule has 178 valence electrons. The van der Waals surface area contributed by atoms with Crippen molar-refractivity contribution in [3.8, 4) is 11.8 Å². The number of rotatable bonds is 8. The van der Waals surface area contributed by atoms with Gasteiger partial charge in [0.05, 0.1) is 41.8 Å². The lowest BCUT2D eigenvalue weighted by Crippen LogP contribution is -2.33. The first-order valence-corrected chi connectivity index (χ1v) is 12.1. The number of nitriles is 1. The number of aliphatic hydroxyl groups is 1. The molecule has 1 saturated heterocycles. The number of aliphatic hydroxyl groups excluding tert-OH is 1. The van der Waals surface area contributed by atoms with Crippen molar-refractivity contribution in [3.63, 3.8) is 0 Å². The quantitative estimate of drug-likeness (QED) is 0.506. The van der Waals surface area contributed by atoms with Gasteiger partial charge in [0, 0.05) is 35.6 Å². The molecule has 1 N–H and O–H groups in total. The Morgan fingerprint density at radius 3 is 2.59 bits per heavy atom. The van der Waals surface area contributed by atoms with Gasteiger partial charge in [-0.2, -0.15) is 5.26 Å². The van der Waals surface area contributed by atoms with Gasteiger partial charge < -0.3 is 19.3 Å². The van der Waals surface area contributed by atoms with Gasteiger partial charge in [0.15, 0.2) is 0 Å². The van der Waals surface area contributed by atoms with E-state index in [1.165, 1.54) is 6.42 Å². The van der Waals surface area contributed by atoms with Crippen molar-refractivity contribution >= 4 is 17.0 Å². The minimum atomic E-state index is -0.673. The van der Waals surface area contributed by atoms with Gasteiger partial charge in [0.2, 0.25) is 0 Å². The van der Waals surface area contributed by atoms with Gasteiger partial charge in [-0.1, -0.05) is 6.42 Å². The highest BCUT2D eigenvalue weighted by Crippen LogP contribution is 2.33. The van der Waals surface area contributed by atoms with Crippen molar-refractivity contribution in [2.24, 2.45) is 0 Å². The maximum absolute atomic E-state index is 11.8. The molecule has 0 bridgehead atoms. The average Bonchev–Trinajstić information content (AvgIpc) is 3.14. The summed E-state index contributed by atoms with van der Waals surface area (Å²) < 4.78 is 7.15. The summed E-state index contributed by atoms with van der Waals surface area (Å²) in [6.45, 7) is 6.75. The molecule has 4 rings (SSSR count). The van der Waals surface area contributed by atoms with E-state index in [1.54, 1.807) is 19.1 Å². The van der Waals surface area contributed by atoms with Crippen molar-refractivity contribution < 1.29 is 14.6 Å². The van der Waals surface area contributed by atoms with Gasteiger partial charge >= 0.3 is 5.97 Å². The van der Waals surface area contributed by atoms with Gasteiger partial charge in [-0.3, -0.25) is 9.78 Å². The lowest BCUT2D eigenvalue weighted by atomic mass is 10.1. The third-order valence-electron chi connectivity index (χ3n) is 6.51. The molecule has 3 aromatic rings. The Morgan fingerprint density at radius 2 is 1.91 bits per heavy atom. The van der Waals surface area contributed by atoms with E-state index in [2.05, 4.69) is 15.5 Å². The molecule has 0 radical (unpaired) electrons. The van der Waals surface area contributed by atoms with Crippen LogP contribution in [0.2, 0.25) is 0 Å². The summed E-state index contributed by atoms with van der Waals surface area (Å²) in [5, 5.41) is 20.5. The SMILES string of the molecule is CCOC(=O)CCc1ccc2c(n1)c(C(O)CN1CCCCC1)c(C)n2-c1ccc(C#N)cc1. The highest BCUT2D eigenvalue weighted by Gasteiger charge is 2.25. The summed E-state index contributed by atoms with van der Waals surface area (Å²) in [5.74, 6) is -0.235. The summed E-state index contributed by atoms with van der Waals surface area (Å²) in [4.78, 5) is 19.1. The molecular weight excluding hydrogens is 428 g/mol. The van der Waals surface area contributed by atoms with Crippen LogP contribution in [0.25, 0.3) is 16.7 Å². The molecule has 3 heterocycles. The maximum Gasteiger partial charge on any atom is 0.306 e. The second-order valence-electron chi connectivity index (χ2n) is 8.85. The van der Waals surface area contributed by atoms with Crippen LogP contribution in [0, 0.1) is 18.3 Å². The van der Waals surface area contributed by atoms with Crippen LogP contribution in [0.15, 0.2) is 36.4 Å². The molecule has 0 spiro atoms. The minimum Gasteiger partial charge on any atom is -0.466 e. The first kappa shape index (κ1) is 23.9. The van der Waals surface area contributed by atoms with Crippen molar-refractivity contribution in [1.29, 1.82) is 5.26 Å². The highest BCUT2D eigenvalue weighted by molar-refractivity contribution is 5.84. The summed E-state index contributed by atoms with van der Waals surface area (Å²) in [5.41, 5.74) is 5.72. The van der Waals surface area contributed by atoms with Gasteiger partial charge in [0.1, 0.15) is 0 Å². The van der Waals surface area contributed by atoms with Gasteiger partial charge in [-0.05, 0) is 76.2 Å². The van der Waals surface area contributed by atoms with E-state index in [0.717, 1.165) is 59.6 Å². The Kier molecular flexibility index (Phi) is 7.61. The fraction of sp³-hybridized carbons (Fsp3) is 0.444. The number of esters is 1. The number of β-amino-alcohol motifs (C(OH)–C–C–N with tert-alkyl or cyclic N) is 1. The Balaban J connectivity index is 1.74. The lowest BCUT2D eigenvalue weighted by molar-refractivity contribution is -0.143. The zero-order valence-corrected chi connectivity index (χ0v) is 20.0. The van der Waals surface area contributed by atoms with Gasteiger partial charge in [0.25, 0.3) is 0 Å². The number of carbonyl (C=O) groups is 1. The lowest BCUT2D eigenvalue weighted by Gasteiger charge is -2.28. The number of benzene rings is 1. The van der Waals surface area contributed by atoms with Crippen molar-refractivity contribution in [2.75, 3.05) is 26.2 Å². The number of pyridine rings is 1. The first-order valence-electron chi connectivity index (χ1n) is 12.1. The van der Waals surface area contributed by atoms with Gasteiger partial charge in [-0.25, -0.2) is 0 Å². The molecule has 7 nitrogen and oxygen atoms in total. The van der Waals surface area contributed by atoms with Crippen LogP contribution in [-0.2, 0) is 16.0 Å². The molecule has 34 heavy (non-hydrogen) atoms. The van der Waals surface area contributed by atoms with E-state index in [-0.39, 0.29) is 12.4 Å². The number of ether oxygens (including phenoxy) is 1. The standard InChI is InChI=1S/C27H32N4O3/c1-3-34-25(33)14-10-21-9-13-23-27(29-21)26(24(32)18-30-15-5-4-6-16-30)19(2)31(23)22-11-7-20(17-28)8-12-22/h7-9,11-13,24,32H,3-6,10,14-16,18H2,1-2H3. The molecule has 7 heteroatoms. The second-order valence-corrected chi connectivity index (χ2v) is 8.85. The predicted octanol–water partition coefficient (Wildman–Crippen LogP) is 4.22. The predicted molar refractivity (Wildman–Crippen MR) is 131 cm³/mol. The molecule has 0 aliphatic carbocycles. The van der Waals surface area contributed by atoms with E-state index in [9.17, 15) is 15.2 Å². The van der Waals surface area contributed by atoms with Gasteiger partial charge in [-0.15, -0.1) is 0 Å². The number of nitrogens with zero attached hydrogens (tertiary/aromatic N) is 4. The summed E-state index contributed by atoms with van der Waals surface area (Å²) in [6, 6.07) is 13.5. The summed E-state index contributed by atoms with van der Waals surface area (Å²) in [6.07, 6.45) is 3.65. The van der Waals surface area contributed by atoms with Crippen molar-refractivity contribution in [3.05, 3.63) is 58.9 Å². The number of hydrogen-bond acceptors (Lipinski definition) is 6. The Morgan fingerprint density at radius 1 is 1.18 bits per heavy atom. The topological polar surface area (TPSA) is 91.4 Å². The summed E-state index contributed by atoms with van der Waals surface area (Å²) in [7, 11) is 0. The zero-order valence-electron chi connectivity index (χ0n) is 20.0. The zero-order chi connectivity index (χ0) is 24.1. The number of carbonyl (C=O) groups excluding carboxylic acids is 1. The molecule has 1 unspecified atom stereocenters. The number of fused-ring (bicyclic) bond motifs is 1. The van der Waals surface area contributed by atoms with Crippen molar-refractivity contribution in [1.82, 2.24) is 14.5 Å². The largest absolute Gasteiger partial charge is 0.466 e. The van der Waals surface area contributed by atoms with E-state index in [0.29, 0.717) is 25.1 Å². The molecule has 1 aromatic carbocycles. The van der Waals surface area contributed by atoms with Crippen molar-refractivity contribution in [2.45, 2.75) is 52.1 Å². The molecule has 0 amide bonds. The maximum atomic E-state index is 11.8. The van der Waals surface area contributed by atoms with Crippen LogP contribution >= 0.6 is 0 Å². The molecule has 1 atom stereocenters. The first-order chi connectivity index (χ1) is 16.5. The Hall–Kier alpha value is -3.21. The summed E-state index contributed by atoms with van der Waals surface area (Å²) >= 11 is 0. The number of piperidine rings is 1. The monoisotopic (exact) mass is 460 g/mol. The average molecular weight is 461 g/mol. The van der Waals surface area contributed by atoms with E-state index >= 15 is 0 Å².